The van der Waals surface area contributed by atoms with Gasteiger partial charge in [-0.25, -0.2) is 0 Å². The fourth-order valence-corrected chi connectivity index (χ4v) is 1.96. The van der Waals surface area contributed by atoms with Crippen LogP contribution in [0.2, 0.25) is 0 Å². The number of hydrogen-bond acceptors (Lipinski definition) is 3. The van der Waals surface area contributed by atoms with E-state index in [1.807, 2.05) is 43.3 Å². The molecular weight excluding hydrogens is 264 g/mol. The Morgan fingerprint density at radius 3 is 2.95 bits per heavy atom. The Morgan fingerprint density at radius 2 is 2.19 bits per heavy atom. The van der Waals surface area contributed by atoms with Crippen LogP contribution in [0.25, 0.3) is 0 Å². The van der Waals surface area contributed by atoms with Crippen molar-refractivity contribution in [1.29, 1.82) is 0 Å². The average Bonchev–Trinajstić information content (AvgIpc) is 2.51. The number of carbonyl (C=O) groups is 1. The molecule has 1 aromatic heterocycles. The Morgan fingerprint density at radius 1 is 1.29 bits per heavy atom. The maximum absolute atomic E-state index is 11.7. The van der Waals surface area contributed by atoms with Gasteiger partial charge in [0, 0.05) is 18.8 Å². The van der Waals surface area contributed by atoms with Gasteiger partial charge in [0.2, 0.25) is 5.91 Å². The first-order valence-corrected chi connectivity index (χ1v) is 7.09. The van der Waals surface area contributed by atoms with Gasteiger partial charge in [0.15, 0.2) is 0 Å². The molecular formula is C17H20N2O2. The first-order valence-electron chi connectivity index (χ1n) is 7.09. The Labute approximate surface area is 125 Å². The van der Waals surface area contributed by atoms with E-state index < -0.39 is 0 Å². The van der Waals surface area contributed by atoms with Crippen LogP contribution in [0.15, 0.2) is 48.8 Å². The molecule has 4 nitrogen and oxygen atoms in total. The number of aryl methyl sites for hydroxylation is 2. The lowest BCUT2D eigenvalue weighted by Crippen LogP contribution is -2.28. The Bertz CT molecular complexity index is 570. The van der Waals surface area contributed by atoms with Gasteiger partial charge in [-0.3, -0.25) is 9.78 Å². The molecule has 0 atom stereocenters. The van der Waals surface area contributed by atoms with Crippen LogP contribution in [-0.2, 0) is 11.2 Å². The molecule has 1 heterocycles. The monoisotopic (exact) mass is 284 g/mol. The van der Waals surface area contributed by atoms with E-state index in [1.165, 1.54) is 0 Å². The van der Waals surface area contributed by atoms with Gasteiger partial charge in [-0.15, -0.1) is 0 Å². The van der Waals surface area contributed by atoms with E-state index in [-0.39, 0.29) is 5.91 Å². The lowest BCUT2D eigenvalue weighted by atomic mass is 10.1. The number of pyridine rings is 1. The minimum Gasteiger partial charge on any atom is -0.492 e. The highest BCUT2D eigenvalue weighted by Gasteiger charge is 2.02. The molecule has 0 aliphatic rings. The van der Waals surface area contributed by atoms with Gasteiger partial charge in [-0.05, 0) is 42.7 Å². The summed E-state index contributed by atoms with van der Waals surface area (Å²) in [6.07, 6.45) is 4.69. The zero-order valence-electron chi connectivity index (χ0n) is 12.2. The molecule has 2 rings (SSSR count). The average molecular weight is 284 g/mol. The topological polar surface area (TPSA) is 51.2 Å². The van der Waals surface area contributed by atoms with Gasteiger partial charge < -0.3 is 10.1 Å². The number of amides is 1. The van der Waals surface area contributed by atoms with Crippen molar-refractivity contribution in [1.82, 2.24) is 10.3 Å². The highest BCUT2D eigenvalue weighted by Crippen LogP contribution is 2.11. The summed E-state index contributed by atoms with van der Waals surface area (Å²) in [6, 6.07) is 11.7. The fraction of sp³-hybridized carbons (Fsp3) is 0.294. The van der Waals surface area contributed by atoms with E-state index in [9.17, 15) is 4.79 Å². The van der Waals surface area contributed by atoms with Crippen molar-refractivity contribution < 1.29 is 9.53 Å². The summed E-state index contributed by atoms with van der Waals surface area (Å²) in [5, 5.41) is 2.85. The molecule has 0 aliphatic carbocycles. The van der Waals surface area contributed by atoms with Crippen molar-refractivity contribution in [3.63, 3.8) is 0 Å². The standard InChI is InChI=1S/C17H20N2O2/c1-14-4-2-6-16(12-14)21-11-10-19-17(20)8-7-15-5-3-9-18-13-15/h2-6,9,12-13H,7-8,10-11H2,1H3,(H,19,20). The molecule has 0 unspecified atom stereocenters. The van der Waals surface area contributed by atoms with Gasteiger partial charge >= 0.3 is 0 Å². The number of rotatable bonds is 7. The molecule has 1 amide bonds. The van der Waals surface area contributed by atoms with E-state index >= 15 is 0 Å². The normalized spacial score (nSPS) is 10.1. The maximum Gasteiger partial charge on any atom is 0.220 e. The molecule has 0 spiro atoms. The Hall–Kier alpha value is -2.36. The van der Waals surface area contributed by atoms with Crippen LogP contribution in [0, 0.1) is 6.92 Å². The highest BCUT2D eigenvalue weighted by atomic mass is 16.5. The smallest absolute Gasteiger partial charge is 0.220 e. The number of nitrogens with zero attached hydrogens (tertiary/aromatic N) is 1. The van der Waals surface area contributed by atoms with E-state index in [0.717, 1.165) is 16.9 Å². The van der Waals surface area contributed by atoms with Gasteiger partial charge in [-0.1, -0.05) is 18.2 Å². The van der Waals surface area contributed by atoms with E-state index in [4.69, 9.17) is 4.74 Å². The number of aromatic nitrogens is 1. The van der Waals surface area contributed by atoms with Crippen molar-refractivity contribution in [2.24, 2.45) is 0 Å². The van der Waals surface area contributed by atoms with Crippen LogP contribution in [0.4, 0.5) is 0 Å². The molecule has 110 valence electrons. The zero-order valence-corrected chi connectivity index (χ0v) is 12.2. The van der Waals surface area contributed by atoms with Gasteiger partial charge in [0.25, 0.3) is 0 Å². The predicted octanol–water partition coefficient (Wildman–Crippen LogP) is 2.52. The molecule has 0 radical (unpaired) electrons. The van der Waals surface area contributed by atoms with Crippen molar-refractivity contribution >= 4 is 5.91 Å². The molecule has 21 heavy (non-hydrogen) atoms. The third kappa shape index (κ3) is 5.65. The maximum atomic E-state index is 11.7. The number of nitrogens with one attached hydrogen (secondary N) is 1. The van der Waals surface area contributed by atoms with Crippen LogP contribution < -0.4 is 10.1 Å². The molecule has 1 aromatic carbocycles. The number of benzene rings is 1. The molecule has 0 fully saturated rings. The molecule has 0 aliphatic heterocycles. The number of carbonyl (C=O) groups excluding carboxylic acids is 1. The second kappa shape index (κ2) is 8.04. The van der Waals surface area contributed by atoms with Crippen molar-refractivity contribution in [2.75, 3.05) is 13.2 Å². The summed E-state index contributed by atoms with van der Waals surface area (Å²) in [5.41, 5.74) is 2.23. The summed E-state index contributed by atoms with van der Waals surface area (Å²) < 4.78 is 5.58. The lowest BCUT2D eigenvalue weighted by Gasteiger charge is -2.08. The zero-order chi connectivity index (χ0) is 14.9. The fourth-order valence-electron chi connectivity index (χ4n) is 1.96. The molecule has 0 bridgehead atoms. The summed E-state index contributed by atoms with van der Waals surface area (Å²) in [6.45, 7) is 3.01. The largest absolute Gasteiger partial charge is 0.492 e. The number of ether oxygens (including phenoxy) is 1. The van der Waals surface area contributed by atoms with Crippen LogP contribution in [0.3, 0.4) is 0 Å². The molecule has 1 N–H and O–H groups in total. The van der Waals surface area contributed by atoms with E-state index in [1.54, 1.807) is 12.4 Å². The summed E-state index contributed by atoms with van der Waals surface area (Å²) in [4.78, 5) is 15.7. The van der Waals surface area contributed by atoms with Gasteiger partial charge in [0.05, 0.1) is 6.54 Å². The van der Waals surface area contributed by atoms with Crippen LogP contribution in [0.5, 0.6) is 5.75 Å². The Kier molecular flexibility index (Phi) is 5.76. The third-order valence-electron chi connectivity index (χ3n) is 3.05. The van der Waals surface area contributed by atoms with Crippen LogP contribution in [0.1, 0.15) is 17.5 Å². The summed E-state index contributed by atoms with van der Waals surface area (Å²) in [5.74, 6) is 0.867. The second-order valence-electron chi connectivity index (χ2n) is 4.88. The molecule has 0 saturated carbocycles. The Balaban J connectivity index is 1.61. The number of hydrogen-bond donors (Lipinski definition) is 1. The highest BCUT2D eigenvalue weighted by molar-refractivity contribution is 5.76. The van der Waals surface area contributed by atoms with Gasteiger partial charge in [0.1, 0.15) is 12.4 Å². The van der Waals surface area contributed by atoms with E-state index in [0.29, 0.717) is 26.0 Å². The lowest BCUT2D eigenvalue weighted by molar-refractivity contribution is -0.121. The van der Waals surface area contributed by atoms with Crippen molar-refractivity contribution in [3.8, 4) is 5.75 Å². The molecule has 4 heteroatoms. The van der Waals surface area contributed by atoms with Crippen LogP contribution >= 0.6 is 0 Å². The minimum atomic E-state index is 0.0340. The van der Waals surface area contributed by atoms with Crippen molar-refractivity contribution in [3.05, 3.63) is 59.9 Å². The van der Waals surface area contributed by atoms with Crippen molar-refractivity contribution in [2.45, 2.75) is 19.8 Å². The first kappa shape index (κ1) is 15.0. The summed E-state index contributed by atoms with van der Waals surface area (Å²) in [7, 11) is 0. The third-order valence-corrected chi connectivity index (χ3v) is 3.05. The molecule has 0 saturated heterocycles. The van der Waals surface area contributed by atoms with Gasteiger partial charge in [-0.2, -0.15) is 0 Å². The van der Waals surface area contributed by atoms with E-state index in [2.05, 4.69) is 10.3 Å². The molecule has 2 aromatic rings. The first-order chi connectivity index (χ1) is 10.2. The second-order valence-corrected chi connectivity index (χ2v) is 4.88. The summed E-state index contributed by atoms with van der Waals surface area (Å²) >= 11 is 0. The minimum absolute atomic E-state index is 0.0340. The van der Waals surface area contributed by atoms with Crippen LogP contribution in [-0.4, -0.2) is 24.0 Å². The SMILES string of the molecule is Cc1cccc(OCCNC(=O)CCc2cccnc2)c1. The quantitative estimate of drug-likeness (QED) is 0.795. The predicted molar refractivity (Wildman–Crippen MR) is 82.2 cm³/mol.